The van der Waals surface area contributed by atoms with E-state index >= 15 is 0 Å². The predicted octanol–water partition coefficient (Wildman–Crippen LogP) is -2.99. The summed E-state index contributed by atoms with van der Waals surface area (Å²) in [5.74, 6) is -3.39. The molecule has 0 aliphatic heterocycles. The SMILES string of the molecule is O.O=C(O)CN(CCO)CCN(CC(=O)O)CC(=O)O. The fourth-order valence-electron chi connectivity index (χ4n) is 1.48. The van der Waals surface area contributed by atoms with E-state index in [2.05, 4.69) is 0 Å². The van der Waals surface area contributed by atoms with Crippen molar-refractivity contribution in [2.45, 2.75) is 0 Å². The summed E-state index contributed by atoms with van der Waals surface area (Å²) in [6, 6.07) is 0. The minimum atomic E-state index is -1.16. The average Bonchev–Trinajstić information content (AvgIpc) is 2.23. The van der Waals surface area contributed by atoms with E-state index < -0.39 is 31.0 Å². The highest BCUT2D eigenvalue weighted by Crippen LogP contribution is 1.93. The molecule has 0 spiro atoms. The van der Waals surface area contributed by atoms with Crippen LogP contribution in [0.15, 0.2) is 0 Å². The Labute approximate surface area is 115 Å². The summed E-state index contributed by atoms with van der Waals surface area (Å²) < 4.78 is 0. The van der Waals surface area contributed by atoms with Gasteiger partial charge in [-0.1, -0.05) is 0 Å². The van der Waals surface area contributed by atoms with Gasteiger partial charge in [0.05, 0.1) is 26.2 Å². The first kappa shape index (κ1) is 20.6. The van der Waals surface area contributed by atoms with Gasteiger partial charge in [-0.15, -0.1) is 0 Å². The number of aliphatic carboxylic acids is 3. The van der Waals surface area contributed by atoms with Gasteiger partial charge in [0.15, 0.2) is 0 Å². The molecule has 20 heavy (non-hydrogen) atoms. The largest absolute Gasteiger partial charge is 0.480 e. The van der Waals surface area contributed by atoms with Gasteiger partial charge in [-0.05, 0) is 0 Å². The number of hydrogen-bond donors (Lipinski definition) is 4. The van der Waals surface area contributed by atoms with Crippen LogP contribution in [0.25, 0.3) is 0 Å². The zero-order valence-electron chi connectivity index (χ0n) is 10.9. The van der Waals surface area contributed by atoms with Crippen LogP contribution >= 0.6 is 0 Å². The lowest BCUT2D eigenvalue weighted by molar-refractivity contribution is -0.143. The molecule has 0 heterocycles. The van der Waals surface area contributed by atoms with Crippen LogP contribution in [0.4, 0.5) is 0 Å². The standard InChI is InChI=1S/C10H18N2O7.H2O/c13-4-3-11(5-8(14)15)1-2-12(6-9(16)17)7-10(18)19;/h13H,1-7H2,(H,14,15)(H,16,17)(H,18,19);1H2. The van der Waals surface area contributed by atoms with Crippen LogP contribution in [0.3, 0.4) is 0 Å². The van der Waals surface area contributed by atoms with E-state index in [-0.39, 0.29) is 38.3 Å². The van der Waals surface area contributed by atoms with E-state index in [4.69, 9.17) is 20.4 Å². The molecule has 0 radical (unpaired) electrons. The van der Waals surface area contributed by atoms with Crippen LogP contribution in [-0.4, -0.2) is 99.5 Å². The monoisotopic (exact) mass is 296 g/mol. The van der Waals surface area contributed by atoms with Gasteiger partial charge in [0.1, 0.15) is 0 Å². The minimum absolute atomic E-state index is 0. The number of aliphatic hydroxyl groups excluding tert-OH is 1. The van der Waals surface area contributed by atoms with E-state index in [1.807, 2.05) is 0 Å². The Hall–Kier alpha value is -1.75. The lowest BCUT2D eigenvalue weighted by Gasteiger charge is -2.24. The van der Waals surface area contributed by atoms with Crippen molar-refractivity contribution >= 4 is 17.9 Å². The molecule has 0 aromatic carbocycles. The highest BCUT2D eigenvalue weighted by atomic mass is 16.4. The van der Waals surface area contributed by atoms with Crippen molar-refractivity contribution in [3.8, 4) is 0 Å². The summed E-state index contributed by atoms with van der Waals surface area (Å²) in [6.07, 6.45) is 0. The number of carboxylic acid groups (broad SMARTS) is 3. The smallest absolute Gasteiger partial charge is 0.317 e. The van der Waals surface area contributed by atoms with E-state index in [0.29, 0.717) is 0 Å². The van der Waals surface area contributed by atoms with Crippen molar-refractivity contribution < 1.29 is 40.3 Å². The Morgan fingerprint density at radius 3 is 1.40 bits per heavy atom. The minimum Gasteiger partial charge on any atom is -0.480 e. The molecule has 10 heteroatoms. The molecule has 0 saturated heterocycles. The summed E-state index contributed by atoms with van der Waals surface area (Å²) in [5, 5.41) is 34.7. The maximum atomic E-state index is 10.6. The Balaban J connectivity index is 0. The van der Waals surface area contributed by atoms with E-state index in [1.165, 1.54) is 9.80 Å². The summed E-state index contributed by atoms with van der Waals surface area (Å²) in [5.41, 5.74) is 0. The van der Waals surface area contributed by atoms with Crippen molar-refractivity contribution in [2.24, 2.45) is 0 Å². The number of carbonyl (C=O) groups is 3. The van der Waals surface area contributed by atoms with Gasteiger partial charge in [-0.3, -0.25) is 24.2 Å². The second kappa shape index (κ2) is 11.1. The molecule has 6 N–H and O–H groups in total. The molecule has 0 aliphatic rings. The summed E-state index contributed by atoms with van der Waals surface area (Å²) in [4.78, 5) is 34.3. The molecule has 0 aliphatic carbocycles. The van der Waals surface area contributed by atoms with Crippen molar-refractivity contribution in [1.82, 2.24) is 9.80 Å². The predicted molar refractivity (Wildman–Crippen MR) is 66.5 cm³/mol. The van der Waals surface area contributed by atoms with Crippen molar-refractivity contribution in [3.05, 3.63) is 0 Å². The number of nitrogens with zero attached hydrogens (tertiary/aromatic N) is 2. The van der Waals surface area contributed by atoms with Crippen LogP contribution in [-0.2, 0) is 14.4 Å². The van der Waals surface area contributed by atoms with Gasteiger partial charge in [-0.25, -0.2) is 0 Å². The molecule has 0 saturated carbocycles. The van der Waals surface area contributed by atoms with Crippen LogP contribution in [0.1, 0.15) is 0 Å². The third kappa shape index (κ3) is 11.3. The molecule has 0 unspecified atom stereocenters. The maximum absolute atomic E-state index is 10.6. The fraction of sp³-hybridized carbons (Fsp3) is 0.700. The van der Waals surface area contributed by atoms with E-state index in [1.54, 1.807) is 0 Å². The molecule has 118 valence electrons. The molecule has 0 aromatic heterocycles. The van der Waals surface area contributed by atoms with Crippen LogP contribution in [0, 0.1) is 0 Å². The topological polar surface area (TPSA) is 170 Å². The molecule has 0 bridgehead atoms. The lowest BCUT2D eigenvalue weighted by Crippen LogP contribution is -2.42. The molecule has 0 amide bonds. The molecule has 0 atom stereocenters. The van der Waals surface area contributed by atoms with Crippen LogP contribution in [0.2, 0.25) is 0 Å². The number of rotatable bonds is 11. The molecular weight excluding hydrogens is 276 g/mol. The Kier molecular flexibility index (Phi) is 11.4. The highest BCUT2D eigenvalue weighted by Gasteiger charge is 2.16. The van der Waals surface area contributed by atoms with Crippen LogP contribution < -0.4 is 0 Å². The summed E-state index contributed by atoms with van der Waals surface area (Å²) in [6.45, 7) is -1.03. The number of carboxylic acids is 3. The van der Waals surface area contributed by atoms with Gasteiger partial charge >= 0.3 is 17.9 Å². The first-order valence-corrected chi connectivity index (χ1v) is 5.56. The third-order valence-electron chi connectivity index (χ3n) is 2.23. The third-order valence-corrected chi connectivity index (χ3v) is 2.23. The van der Waals surface area contributed by atoms with E-state index in [9.17, 15) is 14.4 Å². The average molecular weight is 296 g/mol. The first-order valence-electron chi connectivity index (χ1n) is 5.56. The quantitative estimate of drug-likeness (QED) is 0.310. The van der Waals surface area contributed by atoms with E-state index in [0.717, 1.165) is 0 Å². The molecule has 0 aromatic rings. The zero-order chi connectivity index (χ0) is 14.8. The lowest BCUT2D eigenvalue weighted by atomic mass is 10.4. The zero-order valence-corrected chi connectivity index (χ0v) is 10.9. The Morgan fingerprint density at radius 1 is 0.700 bits per heavy atom. The van der Waals surface area contributed by atoms with Gasteiger partial charge < -0.3 is 25.9 Å². The maximum Gasteiger partial charge on any atom is 0.317 e. The highest BCUT2D eigenvalue weighted by molar-refractivity contribution is 5.72. The van der Waals surface area contributed by atoms with Crippen molar-refractivity contribution in [1.29, 1.82) is 0 Å². The van der Waals surface area contributed by atoms with Gasteiger partial charge in [0.2, 0.25) is 0 Å². The molecular formula is C10H20N2O8. The number of hydrogen-bond acceptors (Lipinski definition) is 6. The normalized spacial score (nSPS) is 10.3. The Bertz CT molecular complexity index is 306. The van der Waals surface area contributed by atoms with Gasteiger partial charge in [-0.2, -0.15) is 0 Å². The van der Waals surface area contributed by atoms with Crippen molar-refractivity contribution in [2.75, 3.05) is 45.9 Å². The van der Waals surface area contributed by atoms with Gasteiger partial charge in [0.25, 0.3) is 0 Å². The first-order chi connectivity index (χ1) is 8.85. The molecule has 0 fully saturated rings. The van der Waals surface area contributed by atoms with Gasteiger partial charge in [0, 0.05) is 19.6 Å². The molecule has 0 rings (SSSR count). The second-order valence-corrected chi connectivity index (χ2v) is 3.89. The summed E-state index contributed by atoms with van der Waals surface area (Å²) in [7, 11) is 0. The molecule has 10 nitrogen and oxygen atoms in total. The number of aliphatic hydroxyl groups is 1. The second-order valence-electron chi connectivity index (χ2n) is 3.89. The van der Waals surface area contributed by atoms with Crippen LogP contribution in [0.5, 0.6) is 0 Å². The Morgan fingerprint density at radius 2 is 1.05 bits per heavy atom. The fourth-order valence-corrected chi connectivity index (χ4v) is 1.48. The summed E-state index contributed by atoms with van der Waals surface area (Å²) >= 11 is 0. The van der Waals surface area contributed by atoms with Crippen molar-refractivity contribution in [3.63, 3.8) is 0 Å².